The Morgan fingerprint density at radius 1 is 1.11 bits per heavy atom. The van der Waals surface area contributed by atoms with Gasteiger partial charge < -0.3 is 4.74 Å². The molecule has 4 bridgehead atoms. The Balaban J connectivity index is 1.57. The van der Waals surface area contributed by atoms with E-state index in [1.807, 2.05) is 0 Å². The molecular weight excluding hydrogens is 239 g/mol. The highest BCUT2D eigenvalue weighted by atomic mass is 19.1. The van der Waals surface area contributed by atoms with Crippen molar-refractivity contribution in [3.8, 4) is 5.75 Å². The summed E-state index contributed by atoms with van der Waals surface area (Å²) in [6.07, 6.45) is 5.76. The van der Waals surface area contributed by atoms with Gasteiger partial charge in [-0.2, -0.15) is 0 Å². The minimum Gasteiger partial charge on any atom is -0.497 e. The fourth-order valence-electron chi connectivity index (χ4n) is 6.34. The third kappa shape index (κ3) is 1.09. The van der Waals surface area contributed by atoms with Crippen LogP contribution in [0.1, 0.15) is 37.2 Å². The van der Waals surface area contributed by atoms with E-state index in [0.717, 1.165) is 23.7 Å². The molecule has 0 saturated heterocycles. The minimum absolute atomic E-state index is 0.141. The largest absolute Gasteiger partial charge is 0.497 e. The first-order valence-corrected chi connectivity index (χ1v) is 7.58. The summed E-state index contributed by atoms with van der Waals surface area (Å²) in [5, 5.41) is 0. The highest BCUT2D eigenvalue weighted by Crippen LogP contribution is 2.87. The van der Waals surface area contributed by atoms with Crippen molar-refractivity contribution in [1.82, 2.24) is 0 Å². The van der Waals surface area contributed by atoms with E-state index in [9.17, 15) is 4.39 Å². The number of methoxy groups -OCH3 is 1. The van der Waals surface area contributed by atoms with Gasteiger partial charge in [-0.15, -0.1) is 0 Å². The Kier molecular flexibility index (Phi) is 1.78. The lowest BCUT2D eigenvalue weighted by atomic mass is 9.46. The molecule has 1 aromatic carbocycles. The summed E-state index contributed by atoms with van der Waals surface area (Å²) in [7, 11) is 1.62. The normalized spacial score (nSPS) is 48.4. The molecule has 1 spiro atoms. The molecule has 4 unspecified atom stereocenters. The van der Waals surface area contributed by atoms with Gasteiger partial charge in [0.05, 0.1) is 7.11 Å². The standard InChI is InChI=1S/C17H19FO/c1-19-14-6-10(5-13(18)8-14)16-15-4-9-2-11-7-12(3-9)17(11,15)16/h5-6,8-9,11-12,15-16H,2-4,7H2,1H3. The molecule has 19 heavy (non-hydrogen) atoms. The Labute approximate surface area is 113 Å². The number of benzene rings is 1. The maximum Gasteiger partial charge on any atom is 0.127 e. The molecule has 0 N–H and O–H groups in total. The van der Waals surface area contributed by atoms with Crippen LogP contribution in [-0.4, -0.2) is 7.11 Å². The van der Waals surface area contributed by atoms with Gasteiger partial charge in [0.15, 0.2) is 0 Å². The lowest BCUT2D eigenvalue weighted by Crippen LogP contribution is -2.51. The second-order valence-corrected chi connectivity index (χ2v) is 7.21. The van der Waals surface area contributed by atoms with Gasteiger partial charge in [-0.1, -0.05) is 0 Å². The lowest BCUT2D eigenvalue weighted by molar-refractivity contribution is -0.0911. The summed E-state index contributed by atoms with van der Waals surface area (Å²) in [5.41, 5.74) is 1.80. The first kappa shape index (κ1) is 10.7. The van der Waals surface area contributed by atoms with Crippen molar-refractivity contribution in [1.29, 1.82) is 0 Å². The van der Waals surface area contributed by atoms with Crippen molar-refractivity contribution in [3.63, 3.8) is 0 Å². The summed E-state index contributed by atoms with van der Waals surface area (Å²) in [6, 6.07) is 5.33. The van der Waals surface area contributed by atoms with Gasteiger partial charge in [0.2, 0.25) is 0 Å². The quantitative estimate of drug-likeness (QED) is 0.779. The number of ether oxygens (including phenoxy) is 1. The van der Waals surface area contributed by atoms with Crippen LogP contribution in [0.2, 0.25) is 0 Å². The maximum absolute atomic E-state index is 13.7. The van der Waals surface area contributed by atoms with Crippen LogP contribution in [0.4, 0.5) is 4.39 Å². The molecule has 0 amide bonds. The molecule has 6 aliphatic rings. The van der Waals surface area contributed by atoms with Crippen LogP contribution in [0, 0.1) is 34.9 Å². The van der Waals surface area contributed by atoms with E-state index >= 15 is 0 Å². The van der Waals surface area contributed by atoms with Gasteiger partial charge in [0.25, 0.3) is 0 Å². The number of rotatable bonds is 2. The van der Waals surface area contributed by atoms with E-state index in [1.165, 1.54) is 37.3 Å². The van der Waals surface area contributed by atoms with E-state index in [2.05, 4.69) is 6.07 Å². The first-order chi connectivity index (χ1) is 9.23. The number of halogens is 1. The molecule has 0 aliphatic heterocycles. The number of hydrogen-bond donors (Lipinski definition) is 0. The Bertz CT molecular complexity index is 554. The van der Waals surface area contributed by atoms with Crippen LogP contribution < -0.4 is 4.74 Å². The van der Waals surface area contributed by atoms with Crippen LogP contribution >= 0.6 is 0 Å². The zero-order chi connectivity index (χ0) is 12.8. The predicted molar refractivity (Wildman–Crippen MR) is 70.6 cm³/mol. The average Bonchev–Trinajstić information content (AvgIpc) is 3.11. The van der Waals surface area contributed by atoms with Crippen LogP contribution in [0.15, 0.2) is 18.2 Å². The van der Waals surface area contributed by atoms with E-state index in [-0.39, 0.29) is 5.82 Å². The third-order valence-corrected chi connectivity index (χ3v) is 6.77. The zero-order valence-electron chi connectivity index (χ0n) is 11.2. The van der Waals surface area contributed by atoms with E-state index in [1.54, 1.807) is 13.2 Å². The first-order valence-electron chi connectivity index (χ1n) is 7.58. The Hall–Kier alpha value is -1.05. The molecule has 4 atom stereocenters. The van der Waals surface area contributed by atoms with Crippen molar-refractivity contribution in [2.45, 2.75) is 31.6 Å². The monoisotopic (exact) mass is 258 g/mol. The Morgan fingerprint density at radius 2 is 1.89 bits per heavy atom. The second kappa shape index (κ2) is 3.16. The van der Waals surface area contributed by atoms with Crippen molar-refractivity contribution < 1.29 is 9.13 Å². The zero-order valence-corrected chi connectivity index (χ0v) is 11.2. The summed E-state index contributed by atoms with van der Waals surface area (Å²) >= 11 is 0. The highest BCUT2D eigenvalue weighted by Gasteiger charge is 2.80. The van der Waals surface area contributed by atoms with Gasteiger partial charge in [0.1, 0.15) is 11.6 Å². The van der Waals surface area contributed by atoms with Crippen molar-refractivity contribution in [3.05, 3.63) is 29.6 Å². The van der Waals surface area contributed by atoms with Gasteiger partial charge >= 0.3 is 0 Å². The Morgan fingerprint density at radius 3 is 2.58 bits per heavy atom. The minimum atomic E-state index is -0.141. The molecule has 0 aromatic heterocycles. The van der Waals surface area contributed by atoms with E-state index in [0.29, 0.717) is 17.1 Å². The molecule has 6 fully saturated rings. The molecule has 6 aliphatic carbocycles. The van der Waals surface area contributed by atoms with Crippen molar-refractivity contribution in [2.24, 2.45) is 29.1 Å². The fourth-order valence-corrected chi connectivity index (χ4v) is 6.34. The molecule has 0 radical (unpaired) electrons. The number of hydrogen-bond acceptors (Lipinski definition) is 1. The van der Waals surface area contributed by atoms with Crippen LogP contribution in [0.5, 0.6) is 5.75 Å². The lowest BCUT2D eigenvalue weighted by Gasteiger charge is -2.58. The summed E-state index contributed by atoms with van der Waals surface area (Å²) < 4.78 is 19.0. The molecule has 1 nitrogen and oxygen atoms in total. The van der Waals surface area contributed by atoms with Crippen molar-refractivity contribution >= 4 is 0 Å². The second-order valence-electron chi connectivity index (χ2n) is 7.21. The summed E-state index contributed by atoms with van der Waals surface area (Å²) in [4.78, 5) is 0. The van der Waals surface area contributed by atoms with Gasteiger partial charge in [0, 0.05) is 6.07 Å². The predicted octanol–water partition coefficient (Wildman–Crippen LogP) is 3.98. The third-order valence-electron chi connectivity index (χ3n) is 6.77. The van der Waals surface area contributed by atoms with E-state index in [4.69, 9.17) is 4.74 Å². The van der Waals surface area contributed by atoms with Gasteiger partial charge in [-0.05, 0) is 78.4 Å². The van der Waals surface area contributed by atoms with Gasteiger partial charge in [-0.25, -0.2) is 4.39 Å². The molecule has 2 heteroatoms. The van der Waals surface area contributed by atoms with Gasteiger partial charge in [-0.3, -0.25) is 0 Å². The molecule has 1 aromatic rings. The molecular formula is C17H19FO. The smallest absolute Gasteiger partial charge is 0.127 e. The van der Waals surface area contributed by atoms with Crippen LogP contribution in [0.3, 0.4) is 0 Å². The maximum atomic E-state index is 13.7. The van der Waals surface area contributed by atoms with Crippen LogP contribution in [-0.2, 0) is 0 Å². The fraction of sp³-hybridized carbons (Fsp3) is 0.647. The average molecular weight is 258 g/mol. The molecule has 7 rings (SSSR count). The topological polar surface area (TPSA) is 9.23 Å². The van der Waals surface area contributed by atoms with Crippen molar-refractivity contribution in [2.75, 3.05) is 7.11 Å². The van der Waals surface area contributed by atoms with E-state index < -0.39 is 0 Å². The SMILES string of the molecule is COc1cc(F)cc(C2C3CC4CC5CC(C4)C532)c1. The highest BCUT2D eigenvalue weighted by molar-refractivity contribution is 5.43. The molecule has 6 saturated carbocycles. The summed E-state index contributed by atoms with van der Waals surface area (Å²) in [6.45, 7) is 0. The molecule has 100 valence electrons. The van der Waals surface area contributed by atoms with Crippen LogP contribution in [0.25, 0.3) is 0 Å². The summed E-state index contributed by atoms with van der Waals surface area (Å²) in [5.74, 6) is 4.92. The molecule has 0 heterocycles.